The minimum absolute atomic E-state index is 0.396. The SMILES string of the molecule is COCC1COC(C)(C)OC1. The number of hydrogen-bond donors (Lipinski definition) is 0. The minimum Gasteiger partial charge on any atom is -0.384 e. The zero-order valence-corrected chi connectivity index (χ0v) is 7.42. The first-order valence-electron chi connectivity index (χ1n) is 3.91. The van der Waals surface area contributed by atoms with Gasteiger partial charge < -0.3 is 14.2 Å². The number of rotatable bonds is 2. The van der Waals surface area contributed by atoms with Crippen LogP contribution in [-0.2, 0) is 14.2 Å². The fraction of sp³-hybridized carbons (Fsp3) is 1.00. The zero-order chi connectivity index (χ0) is 8.32. The summed E-state index contributed by atoms with van der Waals surface area (Å²) in [7, 11) is 1.69. The first-order valence-corrected chi connectivity index (χ1v) is 3.91. The fourth-order valence-corrected chi connectivity index (χ4v) is 1.06. The van der Waals surface area contributed by atoms with Crippen LogP contribution >= 0.6 is 0 Å². The molecule has 0 aliphatic carbocycles. The van der Waals surface area contributed by atoms with Gasteiger partial charge in [0.15, 0.2) is 5.79 Å². The Morgan fingerprint density at radius 1 is 1.36 bits per heavy atom. The van der Waals surface area contributed by atoms with Crippen molar-refractivity contribution in [2.75, 3.05) is 26.9 Å². The number of hydrogen-bond acceptors (Lipinski definition) is 3. The van der Waals surface area contributed by atoms with Gasteiger partial charge in [0.2, 0.25) is 0 Å². The Morgan fingerprint density at radius 2 is 1.91 bits per heavy atom. The maximum Gasteiger partial charge on any atom is 0.162 e. The van der Waals surface area contributed by atoms with Crippen molar-refractivity contribution in [2.45, 2.75) is 19.6 Å². The van der Waals surface area contributed by atoms with E-state index in [2.05, 4.69) is 0 Å². The second-order valence-electron chi connectivity index (χ2n) is 3.34. The number of methoxy groups -OCH3 is 1. The van der Waals surface area contributed by atoms with Gasteiger partial charge in [-0.05, 0) is 13.8 Å². The van der Waals surface area contributed by atoms with Gasteiger partial charge in [-0.2, -0.15) is 0 Å². The second kappa shape index (κ2) is 3.52. The lowest BCUT2D eigenvalue weighted by molar-refractivity contribution is -0.265. The summed E-state index contributed by atoms with van der Waals surface area (Å²) in [4.78, 5) is 0. The van der Waals surface area contributed by atoms with E-state index in [0.29, 0.717) is 5.92 Å². The van der Waals surface area contributed by atoms with Gasteiger partial charge in [0.25, 0.3) is 0 Å². The molecule has 3 heteroatoms. The molecular formula is C8H16O3. The van der Waals surface area contributed by atoms with E-state index in [1.165, 1.54) is 0 Å². The van der Waals surface area contributed by atoms with Crippen molar-refractivity contribution in [1.82, 2.24) is 0 Å². The molecule has 1 fully saturated rings. The Balaban J connectivity index is 2.25. The highest BCUT2D eigenvalue weighted by molar-refractivity contribution is 4.66. The molecule has 1 aliphatic heterocycles. The normalized spacial score (nSPS) is 25.4. The standard InChI is InChI=1S/C8H16O3/c1-8(2)10-5-7(4-9-3)6-11-8/h7H,4-6H2,1-3H3. The van der Waals surface area contributed by atoms with Crippen LogP contribution in [0.2, 0.25) is 0 Å². The fourth-order valence-electron chi connectivity index (χ4n) is 1.06. The highest BCUT2D eigenvalue weighted by atomic mass is 16.7. The number of ether oxygens (including phenoxy) is 3. The zero-order valence-electron chi connectivity index (χ0n) is 7.42. The van der Waals surface area contributed by atoms with Crippen molar-refractivity contribution < 1.29 is 14.2 Å². The van der Waals surface area contributed by atoms with Gasteiger partial charge in [-0.1, -0.05) is 0 Å². The summed E-state index contributed by atoms with van der Waals surface area (Å²) in [5, 5.41) is 0. The first-order chi connectivity index (χ1) is 5.14. The van der Waals surface area contributed by atoms with E-state index in [-0.39, 0.29) is 0 Å². The van der Waals surface area contributed by atoms with Gasteiger partial charge in [-0.25, -0.2) is 0 Å². The summed E-state index contributed by atoms with van der Waals surface area (Å²) in [6.45, 7) is 6.05. The summed E-state index contributed by atoms with van der Waals surface area (Å²) >= 11 is 0. The molecule has 1 saturated heterocycles. The minimum atomic E-state index is -0.399. The maximum absolute atomic E-state index is 5.43. The van der Waals surface area contributed by atoms with E-state index >= 15 is 0 Å². The van der Waals surface area contributed by atoms with Crippen LogP contribution in [0, 0.1) is 5.92 Å². The highest BCUT2D eigenvalue weighted by Crippen LogP contribution is 2.20. The van der Waals surface area contributed by atoms with Crippen molar-refractivity contribution in [3.05, 3.63) is 0 Å². The van der Waals surface area contributed by atoms with Crippen LogP contribution < -0.4 is 0 Å². The largest absolute Gasteiger partial charge is 0.384 e. The van der Waals surface area contributed by atoms with Crippen LogP contribution in [0.25, 0.3) is 0 Å². The Labute approximate surface area is 67.6 Å². The molecule has 0 aromatic rings. The van der Waals surface area contributed by atoms with Crippen LogP contribution in [0.5, 0.6) is 0 Å². The Morgan fingerprint density at radius 3 is 2.36 bits per heavy atom. The van der Waals surface area contributed by atoms with E-state index in [1.54, 1.807) is 7.11 Å². The van der Waals surface area contributed by atoms with Crippen molar-refractivity contribution in [2.24, 2.45) is 5.92 Å². The molecule has 1 heterocycles. The second-order valence-corrected chi connectivity index (χ2v) is 3.34. The lowest BCUT2D eigenvalue weighted by Gasteiger charge is -2.34. The molecule has 0 saturated carbocycles. The molecule has 66 valence electrons. The summed E-state index contributed by atoms with van der Waals surface area (Å²) in [5.41, 5.74) is 0. The molecule has 0 radical (unpaired) electrons. The van der Waals surface area contributed by atoms with Gasteiger partial charge in [0.05, 0.1) is 19.8 Å². The molecule has 0 N–H and O–H groups in total. The van der Waals surface area contributed by atoms with Gasteiger partial charge in [-0.15, -0.1) is 0 Å². The Hall–Kier alpha value is -0.120. The van der Waals surface area contributed by atoms with E-state index < -0.39 is 5.79 Å². The van der Waals surface area contributed by atoms with Crippen molar-refractivity contribution in [3.8, 4) is 0 Å². The average Bonchev–Trinajstić information content (AvgIpc) is 1.94. The summed E-state index contributed by atoms with van der Waals surface area (Å²) in [5.74, 6) is -0.00225. The molecular weight excluding hydrogens is 144 g/mol. The smallest absolute Gasteiger partial charge is 0.162 e. The molecule has 1 rings (SSSR count). The lowest BCUT2D eigenvalue weighted by atomic mass is 10.1. The van der Waals surface area contributed by atoms with E-state index in [0.717, 1.165) is 19.8 Å². The molecule has 0 atom stereocenters. The average molecular weight is 160 g/mol. The molecule has 0 unspecified atom stereocenters. The van der Waals surface area contributed by atoms with E-state index in [9.17, 15) is 0 Å². The van der Waals surface area contributed by atoms with Crippen LogP contribution in [0.15, 0.2) is 0 Å². The molecule has 0 spiro atoms. The summed E-state index contributed by atoms with van der Waals surface area (Å²) in [6.07, 6.45) is 0. The summed E-state index contributed by atoms with van der Waals surface area (Å²) in [6, 6.07) is 0. The van der Waals surface area contributed by atoms with E-state index in [4.69, 9.17) is 14.2 Å². The van der Waals surface area contributed by atoms with E-state index in [1.807, 2.05) is 13.8 Å². The molecule has 0 amide bonds. The van der Waals surface area contributed by atoms with Crippen molar-refractivity contribution >= 4 is 0 Å². The molecule has 1 aliphatic rings. The van der Waals surface area contributed by atoms with Crippen LogP contribution in [0.1, 0.15) is 13.8 Å². The van der Waals surface area contributed by atoms with Gasteiger partial charge in [0, 0.05) is 13.0 Å². The Kier molecular flexibility index (Phi) is 2.87. The molecule has 11 heavy (non-hydrogen) atoms. The van der Waals surface area contributed by atoms with Gasteiger partial charge >= 0.3 is 0 Å². The molecule has 0 aromatic carbocycles. The quantitative estimate of drug-likeness (QED) is 0.604. The molecule has 3 nitrogen and oxygen atoms in total. The first kappa shape index (κ1) is 8.97. The molecule has 0 aromatic heterocycles. The van der Waals surface area contributed by atoms with Crippen molar-refractivity contribution in [3.63, 3.8) is 0 Å². The van der Waals surface area contributed by atoms with Gasteiger partial charge in [0.1, 0.15) is 0 Å². The van der Waals surface area contributed by atoms with Crippen LogP contribution in [-0.4, -0.2) is 32.7 Å². The lowest BCUT2D eigenvalue weighted by Crippen LogP contribution is -2.40. The van der Waals surface area contributed by atoms with Gasteiger partial charge in [-0.3, -0.25) is 0 Å². The third kappa shape index (κ3) is 2.77. The maximum atomic E-state index is 5.43. The van der Waals surface area contributed by atoms with Crippen LogP contribution in [0.4, 0.5) is 0 Å². The summed E-state index contributed by atoms with van der Waals surface area (Å²) < 4.78 is 15.8. The van der Waals surface area contributed by atoms with Crippen LogP contribution in [0.3, 0.4) is 0 Å². The third-order valence-corrected chi connectivity index (χ3v) is 1.74. The van der Waals surface area contributed by atoms with Crippen molar-refractivity contribution in [1.29, 1.82) is 0 Å². The predicted octanol–water partition coefficient (Wildman–Crippen LogP) is 1.03. The third-order valence-electron chi connectivity index (χ3n) is 1.74. The predicted molar refractivity (Wildman–Crippen MR) is 41.3 cm³/mol. The monoisotopic (exact) mass is 160 g/mol. The molecule has 0 bridgehead atoms. The highest BCUT2D eigenvalue weighted by Gasteiger charge is 2.27. The topological polar surface area (TPSA) is 27.7 Å². The Bertz CT molecular complexity index is 113.